The molecule has 0 atom stereocenters. The number of H-pyrrole nitrogens is 1. The number of thiocarbonyl (C=S) groups is 1. The third kappa shape index (κ3) is 4.51. The highest BCUT2D eigenvalue weighted by atomic mass is 32.1. The van der Waals surface area contributed by atoms with Crippen molar-refractivity contribution in [3.8, 4) is 5.75 Å². The van der Waals surface area contributed by atoms with Crippen LogP contribution >= 0.6 is 12.2 Å². The molecular formula is C20H23N3OS. The van der Waals surface area contributed by atoms with Crippen molar-refractivity contribution >= 4 is 33.9 Å². The Morgan fingerprint density at radius 3 is 2.72 bits per heavy atom. The van der Waals surface area contributed by atoms with Crippen LogP contribution < -0.4 is 15.4 Å². The van der Waals surface area contributed by atoms with Gasteiger partial charge in [-0.1, -0.05) is 11.6 Å². The van der Waals surface area contributed by atoms with E-state index in [1.807, 2.05) is 31.2 Å². The molecule has 25 heavy (non-hydrogen) atoms. The largest absolute Gasteiger partial charge is 0.494 e. The highest BCUT2D eigenvalue weighted by Gasteiger charge is 2.04. The molecule has 0 aliphatic rings. The van der Waals surface area contributed by atoms with Crippen molar-refractivity contribution in [1.82, 2.24) is 10.3 Å². The topological polar surface area (TPSA) is 49.1 Å². The first kappa shape index (κ1) is 17.3. The van der Waals surface area contributed by atoms with Crippen LogP contribution in [0.4, 0.5) is 5.69 Å². The lowest BCUT2D eigenvalue weighted by atomic mass is 10.1. The Kier molecular flexibility index (Phi) is 5.56. The van der Waals surface area contributed by atoms with Crippen LogP contribution in [-0.2, 0) is 6.42 Å². The molecule has 0 saturated heterocycles. The third-order valence-electron chi connectivity index (χ3n) is 4.03. The van der Waals surface area contributed by atoms with Crippen LogP contribution in [0.2, 0.25) is 0 Å². The lowest BCUT2D eigenvalue weighted by molar-refractivity contribution is 0.340. The second-order valence-corrected chi connectivity index (χ2v) is 6.36. The molecule has 130 valence electrons. The second kappa shape index (κ2) is 8.03. The Morgan fingerprint density at radius 2 is 1.96 bits per heavy atom. The molecular weight excluding hydrogens is 330 g/mol. The summed E-state index contributed by atoms with van der Waals surface area (Å²) in [5.74, 6) is 0.863. The van der Waals surface area contributed by atoms with Gasteiger partial charge in [0, 0.05) is 29.3 Å². The fraction of sp³-hybridized carbons (Fsp3) is 0.250. The quantitative estimate of drug-likeness (QED) is 0.575. The van der Waals surface area contributed by atoms with E-state index in [2.05, 4.69) is 46.9 Å². The monoisotopic (exact) mass is 353 g/mol. The van der Waals surface area contributed by atoms with Gasteiger partial charge in [0.05, 0.1) is 6.61 Å². The van der Waals surface area contributed by atoms with E-state index in [0.29, 0.717) is 11.7 Å². The average molecular weight is 353 g/mol. The predicted molar refractivity (Wildman–Crippen MR) is 109 cm³/mol. The zero-order chi connectivity index (χ0) is 17.6. The fourth-order valence-electron chi connectivity index (χ4n) is 2.79. The molecule has 0 aliphatic heterocycles. The van der Waals surface area contributed by atoms with Gasteiger partial charge in [-0.15, -0.1) is 0 Å². The van der Waals surface area contributed by atoms with E-state index in [-0.39, 0.29) is 0 Å². The second-order valence-electron chi connectivity index (χ2n) is 5.95. The third-order valence-corrected chi connectivity index (χ3v) is 4.27. The van der Waals surface area contributed by atoms with Gasteiger partial charge in [-0.3, -0.25) is 0 Å². The van der Waals surface area contributed by atoms with E-state index < -0.39 is 0 Å². The molecule has 0 aliphatic carbocycles. The molecule has 5 heteroatoms. The lowest BCUT2D eigenvalue weighted by Gasteiger charge is -2.11. The maximum Gasteiger partial charge on any atom is 0.170 e. The van der Waals surface area contributed by atoms with Crippen molar-refractivity contribution < 1.29 is 4.74 Å². The number of fused-ring (bicyclic) bond motifs is 1. The van der Waals surface area contributed by atoms with E-state index in [1.165, 1.54) is 22.0 Å². The number of anilines is 1. The number of aromatic amines is 1. The molecule has 0 unspecified atom stereocenters. The molecule has 0 saturated carbocycles. The zero-order valence-electron chi connectivity index (χ0n) is 14.6. The van der Waals surface area contributed by atoms with Crippen LogP contribution in [0.15, 0.2) is 48.7 Å². The molecule has 0 bridgehead atoms. The zero-order valence-corrected chi connectivity index (χ0v) is 15.4. The van der Waals surface area contributed by atoms with Gasteiger partial charge in [-0.05, 0) is 74.4 Å². The Bertz CT molecular complexity index is 855. The first-order valence-corrected chi connectivity index (χ1v) is 8.91. The van der Waals surface area contributed by atoms with Crippen molar-refractivity contribution in [2.24, 2.45) is 0 Å². The normalized spacial score (nSPS) is 10.6. The number of ether oxygens (including phenoxy) is 1. The van der Waals surface area contributed by atoms with E-state index in [1.54, 1.807) is 0 Å². The molecule has 3 aromatic rings. The fourth-order valence-corrected chi connectivity index (χ4v) is 3.01. The van der Waals surface area contributed by atoms with E-state index in [0.717, 1.165) is 24.4 Å². The molecule has 4 nitrogen and oxygen atoms in total. The maximum atomic E-state index is 5.44. The van der Waals surface area contributed by atoms with Crippen LogP contribution in [0, 0.1) is 6.92 Å². The minimum atomic E-state index is 0.625. The molecule has 3 N–H and O–H groups in total. The minimum absolute atomic E-state index is 0.625. The Hall–Kier alpha value is -2.53. The summed E-state index contributed by atoms with van der Waals surface area (Å²) in [5.41, 5.74) is 4.70. The number of aryl methyl sites for hydroxylation is 1. The minimum Gasteiger partial charge on any atom is -0.494 e. The smallest absolute Gasteiger partial charge is 0.170 e. The molecule has 1 aromatic heterocycles. The predicted octanol–water partition coefficient (Wildman–Crippen LogP) is 4.40. The van der Waals surface area contributed by atoms with Crippen molar-refractivity contribution in [2.75, 3.05) is 18.5 Å². The molecule has 3 rings (SSSR count). The Labute approximate surface area is 153 Å². The number of nitrogens with one attached hydrogen (secondary N) is 3. The molecule has 0 spiro atoms. The van der Waals surface area contributed by atoms with Gasteiger partial charge in [0.15, 0.2) is 5.11 Å². The Morgan fingerprint density at radius 1 is 1.16 bits per heavy atom. The molecule has 2 aromatic carbocycles. The lowest BCUT2D eigenvalue weighted by Crippen LogP contribution is -2.30. The highest BCUT2D eigenvalue weighted by Crippen LogP contribution is 2.20. The summed E-state index contributed by atoms with van der Waals surface area (Å²) in [7, 11) is 0. The molecule has 0 fully saturated rings. The summed E-state index contributed by atoms with van der Waals surface area (Å²) < 4.78 is 5.44. The number of hydrogen-bond donors (Lipinski definition) is 3. The summed E-state index contributed by atoms with van der Waals surface area (Å²) in [4.78, 5) is 3.32. The average Bonchev–Trinajstić information content (AvgIpc) is 2.99. The molecule has 0 amide bonds. The number of benzene rings is 2. The SMILES string of the molecule is CCOc1ccc(NC(=S)NCCc2c[nH]c3ccc(C)cc23)cc1. The van der Waals surface area contributed by atoms with Crippen molar-refractivity contribution in [1.29, 1.82) is 0 Å². The summed E-state index contributed by atoms with van der Waals surface area (Å²) in [6, 6.07) is 14.3. The Balaban J connectivity index is 1.51. The number of aromatic nitrogens is 1. The van der Waals surface area contributed by atoms with Crippen LogP contribution in [0.25, 0.3) is 10.9 Å². The first-order chi connectivity index (χ1) is 12.2. The molecule has 1 heterocycles. The number of rotatable bonds is 6. The van der Waals surface area contributed by atoms with Crippen molar-refractivity contribution in [2.45, 2.75) is 20.3 Å². The number of hydrogen-bond acceptors (Lipinski definition) is 2. The van der Waals surface area contributed by atoms with Crippen LogP contribution in [0.3, 0.4) is 0 Å². The highest BCUT2D eigenvalue weighted by molar-refractivity contribution is 7.80. The van der Waals surface area contributed by atoms with E-state index >= 15 is 0 Å². The van der Waals surface area contributed by atoms with Gasteiger partial charge >= 0.3 is 0 Å². The first-order valence-electron chi connectivity index (χ1n) is 8.50. The van der Waals surface area contributed by atoms with Crippen molar-refractivity contribution in [3.05, 3.63) is 59.8 Å². The van der Waals surface area contributed by atoms with Crippen molar-refractivity contribution in [3.63, 3.8) is 0 Å². The summed E-state index contributed by atoms with van der Waals surface area (Å²) in [5, 5.41) is 8.37. The van der Waals surface area contributed by atoms with E-state index in [9.17, 15) is 0 Å². The standard InChI is InChI=1S/C20H23N3OS/c1-3-24-17-7-5-16(6-8-17)23-20(25)21-11-10-15-13-22-19-9-4-14(2)12-18(15)19/h4-9,12-13,22H,3,10-11H2,1-2H3,(H2,21,23,25). The summed E-state index contributed by atoms with van der Waals surface area (Å²) >= 11 is 5.37. The van der Waals surface area contributed by atoms with E-state index in [4.69, 9.17) is 17.0 Å². The maximum absolute atomic E-state index is 5.44. The summed E-state index contributed by atoms with van der Waals surface area (Å²) in [6.45, 7) is 5.54. The van der Waals surface area contributed by atoms with Gasteiger partial charge in [0.1, 0.15) is 5.75 Å². The van der Waals surface area contributed by atoms with Crippen LogP contribution in [-0.4, -0.2) is 23.2 Å². The van der Waals surface area contributed by atoms with Gasteiger partial charge in [-0.2, -0.15) is 0 Å². The summed E-state index contributed by atoms with van der Waals surface area (Å²) in [6.07, 6.45) is 2.99. The van der Waals surface area contributed by atoms with Gasteiger partial charge < -0.3 is 20.4 Å². The van der Waals surface area contributed by atoms with Crippen LogP contribution in [0.5, 0.6) is 5.75 Å². The molecule has 0 radical (unpaired) electrons. The van der Waals surface area contributed by atoms with Crippen LogP contribution in [0.1, 0.15) is 18.1 Å². The van der Waals surface area contributed by atoms with Gasteiger partial charge in [0.25, 0.3) is 0 Å². The van der Waals surface area contributed by atoms with Gasteiger partial charge in [-0.25, -0.2) is 0 Å². The van der Waals surface area contributed by atoms with Gasteiger partial charge in [0.2, 0.25) is 0 Å².